The van der Waals surface area contributed by atoms with Gasteiger partial charge in [0.2, 0.25) is 11.8 Å². The highest BCUT2D eigenvalue weighted by Gasteiger charge is 2.37. The molecule has 22 heavy (non-hydrogen) atoms. The smallest absolute Gasteiger partial charge is 0.322 e. The molecule has 3 N–H and O–H groups in total. The molecule has 8 heteroatoms. The monoisotopic (exact) mass is 308 g/mol. The van der Waals surface area contributed by atoms with Gasteiger partial charge in [0.05, 0.1) is 12.1 Å². The summed E-state index contributed by atoms with van der Waals surface area (Å²) in [5, 5.41) is 23.0. The molecule has 2 aliphatic rings. The molecule has 0 bridgehead atoms. The van der Waals surface area contributed by atoms with Crippen LogP contribution in [0.4, 0.5) is 0 Å². The standard InChI is InChI=1S/C14H20N4O4/c15-6-10-2-1-3-18(10)14(22)11-4-9(7-16-11)5-12(19)17-8-13(20)21/h9-11,16H,1-5,7-8H2,(H,17,19)(H,20,21)/t9-,10+,11+/m1/s1. The number of amides is 2. The predicted molar refractivity (Wildman–Crippen MR) is 75.5 cm³/mol. The second kappa shape index (κ2) is 7.22. The molecule has 2 fully saturated rings. The Morgan fingerprint density at radius 1 is 1.41 bits per heavy atom. The summed E-state index contributed by atoms with van der Waals surface area (Å²) in [6.07, 6.45) is 2.30. The van der Waals surface area contributed by atoms with E-state index >= 15 is 0 Å². The number of likely N-dealkylation sites (tertiary alicyclic amines) is 1. The average molecular weight is 308 g/mol. The quantitative estimate of drug-likeness (QED) is 0.603. The zero-order valence-electron chi connectivity index (χ0n) is 12.2. The molecule has 0 saturated carbocycles. The van der Waals surface area contributed by atoms with Crippen molar-refractivity contribution in [3.05, 3.63) is 0 Å². The van der Waals surface area contributed by atoms with Gasteiger partial charge in [-0.3, -0.25) is 14.4 Å². The predicted octanol–water partition coefficient (Wildman–Crippen LogP) is -0.930. The maximum Gasteiger partial charge on any atom is 0.322 e. The number of aliphatic carboxylic acids is 1. The Hall–Kier alpha value is -2.14. The first-order valence-electron chi connectivity index (χ1n) is 7.43. The van der Waals surface area contributed by atoms with E-state index in [1.807, 2.05) is 0 Å². The fraction of sp³-hybridized carbons (Fsp3) is 0.714. The van der Waals surface area contributed by atoms with Gasteiger partial charge in [-0.05, 0) is 31.7 Å². The Morgan fingerprint density at radius 3 is 2.86 bits per heavy atom. The molecule has 0 aromatic heterocycles. The van der Waals surface area contributed by atoms with Gasteiger partial charge in [-0.2, -0.15) is 5.26 Å². The summed E-state index contributed by atoms with van der Waals surface area (Å²) < 4.78 is 0. The SMILES string of the molecule is N#C[C@@H]1CCCN1C(=O)[C@@H]1C[C@H](CC(=O)NCC(=O)O)CN1. The Kier molecular flexibility index (Phi) is 5.33. The summed E-state index contributed by atoms with van der Waals surface area (Å²) in [5.74, 6) is -1.47. The third-order valence-electron chi connectivity index (χ3n) is 4.12. The minimum atomic E-state index is -1.08. The van der Waals surface area contributed by atoms with E-state index in [1.165, 1.54) is 0 Å². The molecule has 120 valence electrons. The highest BCUT2D eigenvalue weighted by molar-refractivity contribution is 5.84. The lowest BCUT2D eigenvalue weighted by atomic mass is 10.0. The van der Waals surface area contributed by atoms with Crippen molar-refractivity contribution in [2.24, 2.45) is 5.92 Å². The minimum Gasteiger partial charge on any atom is -0.480 e. The number of carbonyl (C=O) groups is 3. The summed E-state index contributed by atoms with van der Waals surface area (Å²) in [4.78, 5) is 36.0. The number of carboxylic acid groups (broad SMARTS) is 1. The van der Waals surface area contributed by atoms with Crippen LogP contribution in [-0.4, -0.2) is 59.5 Å². The van der Waals surface area contributed by atoms with E-state index in [9.17, 15) is 14.4 Å². The van der Waals surface area contributed by atoms with Crippen molar-refractivity contribution in [2.45, 2.75) is 37.8 Å². The number of rotatable bonds is 5. The molecule has 0 radical (unpaired) electrons. The van der Waals surface area contributed by atoms with Gasteiger partial charge in [0.15, 0.2) is 0 Å². The number of nitrogens with zero attached hydrogens (tertiary/aromatic N) is 2. The average Bonchev–Trinajstić information content (AvgIpc) is 3.13. The fourth-order valence-electron chi connectivity index (χ4n) is 3.03. The molecule has 2 aliphatic heterocycles. The molecule has 2 saturated heterocycles. The number of nitriles is 1. The number of hydrogen-bond donors (Lipinski definition) is 3. The summed E-state index contributed by atoms with van der Waals surface area (Å²) >= 11 is 0. The molecular formula is C14H20N4O4. The second-order valence-corrected chi connectivity index (χ2v) is 5.76. The first-order valence-corrected chi connectivity index (χ1v) is 7.43. The fourth-order valence-corrected chi connectivity index (χ4v) is 3.03. The van der Waals surface area contributed by atoms with Crippen molar-refractivity contribution in [1.82, 2.24) is 15.5 Å². The lowest BCUT2D eigenvalue weighted by Crippen LogP contribution is -2.45. The van der Waals surface area contributed by atoms with Crippen LogP contribution in [-0.2, 0) is 14.4 Å². The van der Waals surface area contributed by atoms with Gasteiger partial charge in [0, 0.05) is 13.0 Å². The van der Waals surface area contributed by atoms with E-state index in [0.717, 1.165) is 12.8 Å². The van der Waals surface area contributed by atoms with E-state index in [1.54, 1.807) is 4.90 Å². The summed E-state index contributed by atoms with van der Waals surface area (Å²) in [6.45, 7) is 0.764. The first-order chi connectivity index (χ1) is 10.5. The Labute approximate surface area is 128 Å². The molecule has 0 aromatic carbocycles. The van der Waals surface area contributed by atoms with Crippen LogP contribution in [0.25, 0.3) is 0 Å². The van der Waals surface area contributed by atoms with Crippen molar-refractivity contribution in [3.8, 4) is 6.07 Å². The van der Waals surface area contributed by atoms with Gasteiger partial charge in [0.1, 0.15) is 12.6 Å². The molecule has 3 atom stereocenters. The molecule has 0 spiro atoms. The van der Waals surface area contributed by atoms with Gasteiger partial charge < -0.3 is 20.6 Å². The molecule has 2 rings (SSSR count). The molecule has 8 nitrogen and oxygen atoms in total. The molecule has 0 aromatic rings. The van der Waals surface area contributed by atoms with Crippen LogP contribution in [0.1, 0.15) is 25.7 Å². The van der Waals surface area contributed by atoms with Gasteiger partial charge in [-0.25, -0.2) is 0 Å². The normalized spacial score (nSPS) is 27.4. The van der Waals surface area contributed by atoms with E-state index < -0.39 is 5.97 Å². The second-order valence-electron chi connectivity index (χ2n) is 5.76. The van der Waals surface area contributed by atoms with Crippen molar-refractivity contribution >= 4 is 17.8 Å². The van der Waals surface area contributed by atoms with Crippen molar-refractivity contribution in [1.29, 1.82) is 5.26 Å². The maximum absolute atomic E-state index is 12.4. The Morgan fingerprint density at radius 2 is 2.18 bits per heavy atom. The third-order valence-corrected chi connectivity index (χ3v) is 4.12. The minimum absolute atomic E-state index is 0.00545. The third kappa shape index (κ3) is 3.95. The van der Waals surface area contributed by atoms with E-state index in [4.69, 9.17) is 10.4 Å². The molecule has 0 unspecified atom stereocenters. The summed E-state index contributed by atoms with van der Waals surface area (Å²) in [7, 11) is 0. The van der Waals surface area contributed by atoms with Crippen molar-refractivity contribution < 1.29 is 19.5 Å². The van der Waals surface area contributed by atoms with Gasteiger partial charge >= 0.3 is 5.97 Å². The van der Waals surface area contributed by atoms with Crippen LogP contribution in [0.15, 0.2) is 0 Å². The van der Waals surface area contributed by atoms with Crippen molar-refractivity contribution in [3.63, 3.8) is 0 Å². The Bertz CT molecular complexity index is 502. The maximum atomic E-state index is 12.4. The number of hydrogen-bond acceptors (Lipinski definition) is 5. The zero-order valence-corrected chi connectivity index (χ0v) is 12.2. The van der Waals surface area contributed by atoms with Gasteiger partial charge in [-0.15, -0.1) is 0 Å². The summed E-state index contributed by atoms with van der Waals surface area (Å²) in [6, 6.07) is 1.45. The van der Waals surface area contributed by atoms with Crippen molar-refractivity contribution in [2.75, 3.05) is 19.6 Å². The number of nitrogens with one attached hydrogen (secondary N) is 2. The largest absolute Gasteiger partial charge is 0.480 e. The van der Waals surface area contributed by atoms with E-state index in [-0.39, 0.29) is 42.8 Å². The lowest BCUT2D eigenvalue weighted by molar-refractivity contribution is -0.138. The van der Waals surface area contributed by atoms with Gasteiger partial charge in [-0.1, -0.05) is 0 Å². The lowest BCUT2D eigenvalue weighted by Gasteiger charge is -2.23. The van der Waals surface area contributed by atoms with E-state index in [0.29, 0.717) is 19.5 Å². The molecule has 0 aliphatic carbocycles. The molecule has 2 amide bonds. The highest BCUT2D eigenvalue weighted by atomic mass is 16.4. The number of carboxylic acids is 1. The van der Waals surface area contributed by atoms with Crippen LogP contribution >= 0.6 is 0 Å². The first kappa shape index (κ1) is 16.2. The Balaban J connectivity index is 1.80. The van der Waals surface area contributed by atoms with Crippen LogP contribution < -0.4 is 10.6 Å². The zero-order chi connectivity index (χ0) is 16.1. The van der Waals surface area contributed by atoms with Gasteiger partial charge in [0.25, 0.3) is 0 Å². The van der Waals surface area contributed by atoms with Crippen LogP contribution in [0.2, 0.25) is 0 Å². The van der Waals surface area contributed by atoms with Crippen LogP contribution in [0.5, 0.6) is 0 Å². The number of carbonyl (C=O) groups excluding carboxylic acids is 2. The van der Waals surface area contributed by atoms with Crippen LogP contribution in [0.3, 0.4) is 0 Å². The van der Waals surface area contributed by atoms with Crippen LogP contribution in [0, 0.1) is 17.2 Å². The van der Waals surface area contributed by atoms with E-state index in [2.05, 4.69) is 16.7 Å². The summed E-state index contributed by atoms with van der Waals surface area (Å²) in [5.41, 5.74) is 0. The highest BCUT2D eigenvalue weighted by Crippen LogP contribution is 2.23. The topological polar surface area (TPSA) is 123 Å². The molecular weight excluding hydrogens is 288 g/mol. The molecule has 2 heterocycles.